The highest BCUT2D eigenvalue weighted by Gasteiger charge is 2.23. The van der Waals surface area contributed by atoms with Gasteiger partial charge in [0.15, 0.2) is 0 Å². The number of ether oxygens (including phenoxy) is 1. The Morgan fingerprint density at radius 1 is 1.11 bits per heavy atom. The van der Waals surface area contributed by atoms with E-state index in [1.54, 1.807) is 0 Å². The van der Waals surface area contributed by atoms with E-state index in [4.69, 9.17) is 4.74 Å². The molecular weight excluding hydrogens is 222 g/mol. The SMILES string of the molecule is CC1CC(NCCCc2ccccc2)CC(C)O1. The normalized spacial score (nSPS) is 28.2. The van der Waals surface area contributed by atoms with Crippen molar-refractivity contribution in [1.82, 2.24) is 5.32 Å². The van der Waals surface area contributed by atoms with E-state index in [9.17, 15) is 0 Å². The number of benzene rings is 1. The van der Waals surface area contributed by atoms with Crippen LogP contribution in [-0.4, -0.2) is 24.8 Å². The van der Waals surface area contributed by atoms with E-state index in [1.165, 1.54) is 18.4 Å². The van der Waals surface area contributed by atoms with Gasteiger partial charge in [0.1, 0.15) is 0 Å². The molecule has 0 aromatic heterocycles. The third-order valence-electron chi connectivity index (χ3n) is 3.62. The fourth-order valence-corrected chi connectivity index (χ4v) is 2.82. The Morgan fingerprint density at radius 2 is 1.78 bits per heavy atom. The second-order valence-electron chi connectivity index (χ2n) is 5.47. The summed E-state index contributed by atoms with van der Waals surface area (Å²) in [6.07, 6.45) is 5.48. The van der Waals surface area contributed by atoms with Crippen molar-refractivity contribution in [2.24, 2.45) is 0 Å². The van der Waals surface area contributed by atoms with Gasteiger partial charge in [0.2, 0.25) is 0 Å². The van der Waals surface area contributed by atoms with Gasteiger partial charge in [0.05, 0.1) is 12.2 Å². The third kappa shape index (κ3) is 4.43. The summed E-state index contributed by atoms with van der Waals surface area (Å²) in [5.74, 6) is 0. The van der Waals surface area contributed by atoms with Gasteiger partial charge >= 0.3 is 0 Å². The third-order valence-corrected chi connectivity index (χ3v) is 3.62. The van der Waals surface area contributed by atoms with Crippen LogP contribution in [-0.2, 0) is 11.2 Å². The van der Waals surface area contributed by atoms with Gasteiger partial charge in [-0.05, 0) is 51.6 Å². The predicted molar refractivity (Wildman–Crippen MR) is 75.8 cm³/mol. The van der Waals surface area contributed by atoms with Gasteiger partial charge in [-0.3, -0.25) is 0 Å². The maximum atomic E-state index is 5.75. The van der Waals surface area contributed by atoms with Crippen LogP contribution < -0.4 is 5.32 Å². The van der Waals surface area contributed by atoms with Crippen molar-refractivity contribution >= 4 is 0 Å². The van der Waals surface area contributed by atoms with E-state index in [2.05, 4.69) is 49.5 Å². The lowest BCUT2D eigenvalue weighted by molar-refractivity contribution is -0.0419. The number of rotatable bonds is 5. The standard InChI is InChI=1S/C16H25NO/c1-13-11-16(12-14(2)18-13)17-10-6-9-15-7-4-3-5-8-15/h3-5,7-8,13-14,16-17H,6,9-12H2,1-2H3. The molecule has 1 aliphatic rings. The fraction of sp³-hybridized carbons (Fsp3) is 0.625. The minimum Gasteiger partial charge on any atom is -0.375 e. The molecule has 2 atom stereocenters. The Kier molecular flexibility index (Phi) is 5.21. The Labute approximate surface area is 111 Å². The minimum absolute atomic E-state index is 0.403. The second-order valence-corrected chi connectivity index (χ2v) is 5.47. The highest BCUT2D eigenvalue weighted by atomic mass is 16.5. The van der Waals surface area contributed by atoms with E-state index in [0.717, 1.165) is 19.4 Å². The van der Waals surface area contributed by atoms with Crippen molar-refractivity contribution in [3.8, 4) is 0 Å². The molecule has 100 valence electrons. The van der Waals surface area contributed by atoms with Crippen LogP contribution in [0.2, 0.25) is 0 Å². The van der Waals surface area contributed by atoms with Crippen molar-refractivity contribution in [3.63, 3.8) is 0 Å². The summed E-state index contributed by atoms with van der Waals surface area (Å²) >= 11 is 0. The average Bonchev–Trinajstić information content (AvgIpc) is 2.35. The lowest BCUT2D eigenvalue weighted by atomic mass is 9.99. The quantitative estimate of drug-likeness (QED) is 0.807. The summed E-state index contributed by atoms with van der Waals surface area (Å²) in [5.41, 5.74) is 1.44. The molecule has 1 aromatic carbocycles. The molecule has 0 radical (unpaired) electrons. The van der Waals surface area contributed by atoms with Crippen LogP contribution in [0.3, 0.4) is 0 Å². The molecule has 1 saturated heterocycles. The molecule has 2 unspecified atom stereocenters. The van der Waals surface area contributed by atoms with Crippen LogP contribution in [0.25, 0.3) is 0 Å². The Bertz CT molecular complexity index is 328. The molecule has 2 nitrogen and oxygen atoms in total. The minimum atomic E-state index is 0.403. The Hall–Kier alpha value is -0.860. The summed E-state index contributed by atoms with van der Waals surface area (Å²) in [7, 11) is 0. The van der Waals surface area contributed by atoms with E-state index >= 15 is 0 Å². The van der Waals surface area contributed by atoms with E-state index in [0.29, 0.717) is 18.2 Å². The zero-order valence-corrected chi connectivity index (χ0v) is 11.6. The van der Waals surface area contributed by atoms with Crippen molar-refractivity contribution < 1.29 is 4.74 Å². The highest BCUT2D eigenvalue weighted by molar-refractivity contribution is 5.14. The first-order chi connectivity index (χ1) is 8.74. The number of hydrogen-bond acceptors (Lipinski definition) is 2. The highest BCUT2D eigenvalue weighted by Crippen LogP contribution is 2.18. The summed E-state index contributed by atoms with van der Waals surface area (Å²) in [6, 6.07) is 11.4. The first-order valence-corrected chi connectivity index (χ1v) is 7.17. The smallest absolute Gasteiger partial charge is 0.0565 e. The Morgan fingerprint density at radius 3 is 2.44 bits per heavy atom. The number of aryl methyl sites for hydroxylation is 1. The summed E-state index contributed by atoms with van der Waals surface area (Å²) < 4.78 is 5.75. The van der Waals surface area contributed by atoms with Gasteiger partial charge in [0, 0.05) is 6.04 Å². The zero-order valence-electron chi connectivity index (χ0n) is 11.6. The maximum absolute atomic E-state index is 5.75. The van der Waals surface area contributed by atoms with Crippen LogP contribution in [0.1, 0.15) is 38.7 Å². The lowest BCUT2D eigenvalue weighted by Crippen LogP contribution is -2.41. The van der Waals surface area contributed by atoms with Gasteiger partial charge in [-0.15, -0.1) is 0 Å². The van der Waals surface area contributed by atoms with Gasteiger partial charge in [0.25, 0.3) is 0 Å². The number of hydrogen-bond donors (Lipinski definition) is 1. The molecule has 0 spiro atoms. The molecule has 2 rings (SSSR count). The molecule has 0 aliphatic carbocycles. The summed E-state index contributed by atoms with van der Waals surface area (Å²) in [4.78, 5) is 0. The monoisotopic (exact) mass is 247 g/mol. The van der Waals surface area contributed by atoms with Crippen LogP contribution in [0.15, 0.2) is 30.3 Å². The van der Waals surface area contributed by atoms with Gasteiger partial charge < -0.3 is 10.1 Å². The lowest BCUT2D eigenvalue weighted by Gasteiger charge is -2.32. The van der Waals surface area contributed by atoms with Crippen LogP contribution >= 0.6 is 0 Å². The molecule has 0 amide bonds. The molecule has 1 aliphatic heterocycles. The fourth-order valence-electron chi connectivity index (χ4n) is 2.82. The first kappa shape index (κ1) is 13.6. The summed E-state index contributed by atoms with van der Waals surface area (Å²) in [6.45, 7) is 5.46. The second kappa shape index (κ2) is 6.91. The van der Waals surface area contributed by atoms with Gasteiger partial charge in [-0.1, -0.05) is 30.3 Å². The van der Waals surface area contributed by atoms with Crippen molar-refractivity contribution in [2.75, 3.05) is 6.54 Å². The van der Waals surface area contributed by atoms with Crippen molar-refractivity contribution in [1.29, 1.82) is 0 Å². The maximum Gasteiger partial charge on any atom is 0.0565 e. The van der Waals surface area contributed by atoms with Crippen LogP contribution in [0.5, 0.6) is 0 Å². The average molecular weight is 247 g/mol. The van der Waals surface area contributed by atoms with Crippen molar-refractivity contribution in [3.05, 3.63) is 35.9 Å². The topological polar surface area (TPSA) is 21.3 Å². The van der Waals surface area contributed by atoms with E-state index < -0.39 is 0 Å². The van der Waals surface area contributed by atoms with Gasteiger partial charge in [-0.25, -0.2) is 0 Å². The first-order valence-electron chi connectivity index (χ1n) is 7.17. The zero-order chi connectivity index (χ0) is 12.8. The number of nitrogens with one attached hydrogen (secondary N) is 1. The molecule has 18 heavy (non-hydrogen) atoms. The summed E-state index contributed by atoms with van der Waals surface area (Å²) in [5, 5.41) is 3.67. The molecular formula is C16H25NO. The molecule has 0 saturated carbocycles. The molecule has 1 N–H and O–H groups in total. The molecule has 0 bridgehead atoms. The van der Waals surface area contributed by atoms with Gasteiger partial charge in [-0.2, -0.15) is 0 Å². The largest absolute Gasteiger partial charge is 0.375 e. The van der Waals surface area contributed by atoms with E-state index in [-0.39, 0.29) is 0 Å². The van der Waals surface area contributed by atoms with E-state index in [1.807, 2.05) is 0 Å². The van der Waals surface area contributed by atoms with Crippen LogP contribution in [0.4, 0.5) is 0 Å². The molecule has 1 aromatic rings. The molecule has 1 heterocycles. The predicted octanol–water partition coefficient (Wildman–Crippen LogP) is 3.16. The molecule has 1 fully saturated rings. The van der Waals surface area contributed by atoms with Crippen molar-refractivity contribution in [2.45, 2.75) is 57.8 Å². The Balaban J connectivity index is 1.63. The molecule has 2 heteroatoms. The van der Waals surface area contributed by atoms with Crippen LogP contribution in [0, 0.1) is 0 Å².